The second-order valence-electron chi connectivity index (χ2n) is 4.02. The first-order valence-corrected chi connectivity index (χ1v) is 7.12. The number of carbonyl (C=O) groups is 1. The third-order valence-electron chi connectivity index (χ3n) is 2.73. The van der Waals surface area contributed by atoms with Crippen molar-refractivity contribution in [3.8, 4) is 0 Å². The van der Waals surface area contributed by atoms with Crippen LogP contribution in [0.1, 0.15) is 29.9 Å². The van der Waals surface area contributed by atoms with Gasteiger partial charge in [-0.05, 0) is 32.1 Å². The number of aromatic nitrogens is 1. The highest BCUT2D eigenvalue weighted by molar-refractivity contribution is 7.99. The van der Waals surface area contributed by atoms with E-state index >= 15 is 0 Å². The van der Waals surface area contributed by atoms with Crippen LogP contribution in [-0.2, 0) is 0 Å². The van der Waals surface area contributed by atoms with Crippen molar-refractivity contribution in [3.63, 3.8) is 0 Å². The van der Waals surface area contributed by atoms with E-state index in [0.29, 0.717) is 5.56 Å². The average molecular weight is 268 g/mol. The molecule has 0 amide bonds. The summed E-state index contributed by atoms with van der Waals surface area (Å²) in [5, 5.41) is 9.77. The molecule has 1 heterocycles. The summed E-state index contributed by atoms with van der Waals surface area (Å²) < 4.78 is 0. The third-order valence-corrected chi connectivity index (χ3v) is 3.62. The summed E-state index contributed by atoms with van der Waals surface area (Å²) in [7, 11) is 0. The Kier molecular flexibility index (Phi) is 6.15. The van der Waals surface area contributed by atoms with E-state index in [0.717, 1.165) is 36.1 Å². The number of nitrogens with zero attached hydrogens (tertiary/aromatic N) is 2. The Morgan fingerprint density at radius 3 is 2.61 bits per heavy atom. The maximum absolute atomic E-state index is 10.9. The van der Waals surface area contributed by atoms with Crippen molar-refractivity contribution in [2.24, 2.45) is 0 Å². The number of rotatable bonds is 7. The van der Waals surface area contributed by atoms with Crippen molar-refractivity contribution in [2.75, 3.05) is 25.4 Å². The van der Waals surface area contributed by atoms with Crippen molar-refractivity contribution in [1.82, 2.24) is 9.88 Å². The molecule has 0 bridgehead atoms. The van der Waals surface area contributed by atoms with Crippen molar-refractivity contribution in [3.05, 3.63) is 23.4 Å². The Balaban J connectivity index is 2.59. The SMILES string of the molecule is CCN(CC)CCSc1cc(C(=O)O)cc(C)n1. The molecule has 0 aromatic carbocycles. The zero-order valence-electron chi connectivity index (χ0n) is 11.1. The van der Waals surface area contributed by atoms with Gasteiger partial charge in [-0.1, -0.05) is 13.8 Å². The van der Waals surface area contributed by atoms with E-state index in [1.807, 2.05) is 6.92 Å². The van der Waals surface area contributed by atoms with E-state index in [1.165, 1.54) is 0 Å². The summed E-state index contributed by atoms with van der Waals surface area (Å²) in [5.41, 5.74) is 1.06. The second kappa shape index (κ2) is 7.38. The topological polar surface area (TPSA) is 53.4 Å². The smallest absolute Gasteiger partial charge is 0.335 e. The molecule has 18 heavy (non-hydrogen) atoms. The summed E-state index contributed by atoms with van der Waals surface area (Å²) >= 11 is 1.61. The molecule has 0 unspecified atom stereocenters. The number of aromatic carboxylic acids is 1. The molecular weight excluding hydrogens is 248 g/mol. The van der Waals surface area contributed by atoms with Gasteiger partial charge in [-0.3, -0.25) is 0 Å². The Labute approximate surface area is 112 Å². The number of aryl methyl sites for hydroxylation is 1. The van der Waals surface area contributed by atoms with E-state index in [1.54, 1.807) is 23.9 Å². The van der Waals surface area contributed by atoms with Crippen molar-refractivity contribution in [1.29, 1.82) is 0 Å². The molecule has 100 valence electrons. The molecule has 1 aromatic rings. The van der Waals surface area contributed by atoms with Crippen LogP contribution in [0.2, 0.25) is 0 Å². The first kappa shape index (κ1) is 15.0. The monoisotopic (exact) mass is 268 g/mol. The Hall–Kier alpha value is -1.07. The molecule has 0 spiro atoms. The fourth-order valence-corrected chi connectivity index (χ4v) is 2.63. The van der Waals surface area contributed by atoms with Gasteiger partial charge in [0.25, 0.3) is 0 Å². The van der Waals surface area contributed by atoms with E-state index < -0.39 is 5.97 Å². The van der Waals surface area contributed by atoms with Gasteiger partial charge >= 0.3 is 5.97 Å². The third kappa shape index (κ3) is 4.66. The van der Waals surface area contributed by atoms with Gasteiger partial charge in [0.1, 0.15) is 0 Å². The Bertz CT molecular complexity index is 406. The summed E-state index contributed by atoms with van der Waals surface area (Å²) in [5.74, 6) is 0.0306. The number of carboxylic acids is 1. The van der Waals surface area contributed by atoms with Gasteiger partial charge in [0.2, 0.25) is 0 Å². The molecule has 0 saturated carbocycles. The Morgan fingerprint density at radius 1 is 1.39 bits per heavy atom. The lowest BCUT2D eigenvalue weighted by Crippen LogP contribution is -2.25. The van der Waals surface area contributed by atoms with Crippen LogP contribution < -0.4 is 0 Å². The van der Waals surface area contributed by atoms with E-state index in [4.69, 9.17) is 5.11 Å². The average Bonchev–Trinajstić information content (AvgIpc) is 2.34. The molecule has 4 nitrogen and oxygen atoms in total. The van der Waals surface area contributed by atoms with E-state index in [-0.39, 0.29) is 0 Å². The van der Waals surface area contributed by atoms with Gasteiger partial charge in [0.15, 0.2) is 0 Å². The fraction of sp³-hybridized carbons (Fsp3) is 0.538. The number of hydrogen-bond donors (Lipinski definition) is 1. The second-order valence-corrected chi connectivity index (χ2v) is 5.13. The predicted octanol–water partition coefficient (Wildman–Crippen LogP) is 2.52. The van der Waals surface area contributed by atoms with Crippen LogP contribution >= 0.6 is 11.8 Å². The number of carboxylic acid groups (broad SMARTS) is 1. The molecule has 0 radical (unpaired) electrons. The molecule has 1 aromatic heterocycles. The quantitative estimate of drug-likeness (QED) is 0.770. The van der Waals surface area contributed by atoms with Gasteiger partial charge in [-0.25, -0.2) is 9.78 Å². The van der Waals surface area contributed by atoms with E-state index in [9.17, 15) is 4.79 Å². The zero-order valence-corrected chi connectivity index (χ0v) is 12.0. The van der Waals surface area contributed by atoms with Crippen LogP contribution in [0.5, 0.6) is 0 Å². The van der Waals surface area contributed by atoms with Crippen LogP contribution in [0.3, 0.4) is 0 Å². The number of hydrogen-bond acceptors (Lipinski definition) is 4. The lowest BCUT2D eigenvalue weighted by Gasteiger charge is -2.17. The van der Waals surface area contributed by atoms with Crippen LogP contribution in [0.4, 0.5) is 0 Å². The highest BCUT2D eigenvalue weighted by Gasteiger charge is 2.07. The lowest BCUT2D eigenvalue weighted by atomic mass is 10.2. The highest BCUT2D eigenvalue weighted by atomic mass is 32.2. The molecule has 5 heteroatoms. The first-order valence-electron chi connectivity index (χ1n) is 6.14. The molecule has 0 aliphatic carbocycles. The zero-order chi connectivity index (χ0) is 13.5. The lowest BCUT2D eigenvalue weighted by molar-refractivity contribution is 0.0696. The first-order chi connectivity index (χ1) is 8.56. The number of pyridine rings is 1. The van der Waals surface area contributed by atoms with E-state index in [2.05, 4.69) is 23.7 Å². The number of thioether (sulfide) groups is 1. The summed E-state index contributed by atoms with van der Waals surface area (Å²) in [4.78, 5) is 17.6. The predicted molar refractivity (Wildman–Crippen MR) is 74.4 cm³/mol. The molecule has 0 aliphatic heterocycles. The van der Waals surface area contributed by atoms with Gasteiger partial charge in [-0.15, -0.1) is 11.8 Å². The molecule has 0 saturated heterocycles. The van der Waals surface area contributed by atoms with Gasteiger partial charge in [-0.2, -0.15) is 0 Å². The Morgan fingerprint density at radius 2 is 2.06 bits per heavy atom. The summed E-state index contributed by atoms with van der Waals surface area (Å²) in [6.07, 6.45) is 0. The van der Waals surface area contributed by atoms with Crippen molar-refractivity contribution < 1.29 is 9.90 Å². The van der Waals surface area contributed by atoms with Crippen LogP contribution in [0, 0.1) is 6.92 Å². The minimum atomic E-state index is -0.897. The van der Waals surface area contributed by atoms with Crippen molar-refractivity contribution >= 4 is 17.7 Å². The highest BCUT2D eigenvalue weighted by Crippen LogP contribution is 2.18. The molecular formula is C13H20N2O2S. The van der Waals surface area contributed by atoms with Gasteiger partial charge < -0.3 is 10.0 Å². The molecule has 0 aliphatic rings. The normalized spacial score (nSPS) is 10.9. The largest absolute Gasteiger partial charge is 0.478 e. The molecule has 0 atom stereocenters. The molecule has 0 fully saturated rings. The molecule has 1 N–H and O–H groups in total. The van der Waals surface area contributed by atoms with Crippen LogP contribution in [-0.4, -0.2) is 46.3 Å². The van der Waals surface area contributed by atoms with Crippen LogP contribution in [0.25, 0.3) is 0 Å². The molecule has 1 rings (SSSR count). The van der Waals surface area contributed by atoms with Gasteiger partial charge in [0, 0.05) is 18.0 Å². The fourth-order valence-electron chi connectivity index (χ4n) is 1.65. The standard InChI is InChI=1S/C13H20N2O2S/c1-4-15(5-2)6-7-18-12-9-11(13(16)17)8-10(3)14-12/h8-9H,4-7H2,1-3H3,(H,16,17). The summed E-state index contributed by atoms with van der Waals surface area (Å²) in [6.45, 7) is 9.18. The minimum Gasteiger partial charge on any atom is -0.478 e. The van der Waals surface area contributed by atoms with Gasteiger partial charge in [0.05, 0.1) is 10.6 Å². The maximum Gasteiger partial charge on any atom is 0.335 e. The van der Waals surface area contributed by atoms with Crippen molar-refractivity contribution in [2.45, 2.75) is 25.8 Å². The van der Waals surface area contributed by atoms with Crippen LogP contribution in [0.15, 0.2) is 17.2 Å². The summed E-state index contributed by atoms with van der Waals surface area (Å²) in [6, 6.07) is 3.24. The minimum absolute atomic E-state index is 0.313. The maximum atomic E-state index is 10.9.